The Morgan fingerprint density at radius 2 is 1.78 bits per heavy atom. The summed E-state index contributed by atoms with van der Waals surface area (Å²) in [6.07, 6.45) is 1.54. The number of nitrogens with zero attached hydrogens (tertiary/aromatic N) is 2. The quantitative estimate of drug-likeness (QED) is 0.572. The van der Waals surface area contributed by atoms with Crippen molar-refractivity contribution in [1.29, 1.82) is 0 Å². The van der Waals surface area contributed by atoms with Gasteiger partial charge < -0.3 is 5.32 Å². The number of para-hydroxylation sites is 1. The van der Waals surface area contributed by atoms with Gasteiger partial charge in [0.2, 0.25) is 0 Å². The smallest absolute Gasteiger partial charge is 0.307 e. The molecule has 164 valence electrons. The van der Waals surface area contributed by atoms with Gasteiger partial charge in [0.1, 0.15) is 5.82 Å². The SMILES string of the molecule is O=C1Nc2cc(F)ccc2CN1c1cc(S(=O)(=O)N2CCCc3ccccc32)ccc1Cl. The van der Waals surface area contributed by atoms with E-state index < -0.39 is 21.9 Å². The molecule has 0 bridgehead atoms. The number of nitrogens with one attached hydrogen (secondary N) is 1. The number of urea groups is 1. The third-order valence-corrected chi connectivity index (χ3v) is 7.88. The fourth-order valence-corrected chi connectivity index (χ4v) is 5.94. The zero-order valence-electron chi connectivity index (χ0n) is 16.9. The van der Waals surface area contributed by atoms with Gasteiger partial charge in [0.15, 0.2) is 0 Å². The fourth-order valence-electron chi connectivity index (χ4n) is 4.16. The normalized spacial score (nSPS) is 15.8. The first-order valence-electron chi connectivity index (χ1n) is 10.1. The van der Waals surface area contributed by atoms with E-state index in [1.807, 2.05) is 18.2 Å². The summed E-state index contributed by atoms with van der Waals surface area (Å²) in [5, 5.41) is 2.88. The molecule has 1 N–H and O–H groups in total. The van der Waals surface area contributed by atoms with E-state index in [0.29, 0.717) is 23.5 Å². The number of halogens is 2. The number of hydrogen-bond acceptors (Lipinski definition) is 3. The van der Waals surface area contributed by atoms with Gasteiger partial charge in [0.05, 0.1) is 33.5 Å². The standard InChI is InChI=1S/C23H19ClFN3O3S/c24-19-10-9-18(32(30,31)28-11-3-5-15-4-1-2-6-21(15)28)13-22(19)27-14-16-7-8-17(25)12-20(16)26-23(27)29/h1-2,4,6-10,12-13H,3,5,11,14H2,(H,26,29). The van der Waals surface area contributed by atoms with Gasteiger partial charge in [0, 0.05) is 6.54 Å². The highest BCUT2D eigenvalue weighted by atomic mass is 35.5. The highest BCUT2D eigenvalue weighted by Gasteiger charge is 2.31. The maximum atomic E-state index is 13.5. The number of aryl methyl sites for hydroxylation is 1. The minimum Gasteiger partial charge on any atom is -0.307 e. The monoisotopic (exact) mass is 471 g/mol. The summed E-state index contributed by atoms with van der Waals surface area (Å²) in [7, 11) is -3.87. The van der Waals surface area contributed by atoms with Gasteiger partial charge in [-0.15, -0.1) is 0 Å². The van der Waals surface area contributed by atoms with Gasteiger partial charge in [0.25, 0.3) is 10.0 Å². The van der Waals surface area contributed by atoms with Gasteiger partial charge >= 0.3 is 6.03 Å². The van der Waals surface area contributed by atoms with Crippen molar-refractivity contribution < 1.29 is 17.6 Å². The van der Waals surface area contributed by atoms with Crippen molar-refractivity contribution in [3.05, 3.63) is 82.6 Å². The lowest BCUT2D eigenvalue weighted by Crippen LogP contribution is -2.39. The van der Waals surface area contributed by atoms with Crippen molar-refractivity contribution in [2.45, 2.75) is 24.3 Å². The summed E-state index contributed by atoms with van der Waals surface area (Å²) in [6, 6.07) is 15.4. The topological polar surface area (TPSA) is 69.7 Å². The number of amides is 2. The number of sulfonamides is 1. The van der Waals surface area contributed by atoms with Crippen molar-refractivity contribution in [2.75, 3.05) is 21.1 Å². The molecule has 2 amide bonds. The van der Waals surface area contributed by atoms with Crippen LogP contribution in [0, 0.1) is 5.82 Å². The Hall–Kier alpha value is -3.10. The van der Waals surface area contributed by atoms with Crippen LogP contribution in [0.1, 0.15) is 17.5 Å². The Morgan fingerprint density at radius 1 is 0.969 bits per heavy atom. The van der Waals surface area contributed by atoms with Crippen molar-refractivity contribution in [2.24, 2.45) is 0 Å². The van der Waals surface area contributed by atoms with Crippen LogP contribution in [0.2, 0.25) is 5.02 Å². The second kappa shape index (κ2) is 7.79. The lowest BCUT2D eigenvalue weighted by Gasteiger charge is -2.32. The number of carbonyl (C=O) groups is 1. The Bertz CT molecular complexity index is 1350. The van der Waals surface area contributed by atoms with E-state index in [-0.39, 0.29) is 22.2 Å². The molecular weight excluding hydrogens is 453 g/mol. The second-order valence-corrected chi connectivity index (χ2v) is 10.0. The Morgan fingerprint density at radius 3 is 2.62 bits per heavy atom. The van der Waals surface area contributed by atoms with E-state index >= 15 is 0 Å². The number of fused-ring (bicyclic) bond motifs is 2. The van der Waals surface area contributed by atoms with E-state index in [1.165, 1.54) is 39.5 Å². The van der Waals surface area contributed by atoms with E-state index in [9.17, 15) is 17.6 Å². The Labute approximate surface area is 190 Å². The molecule has 5 rings (SSSR count). The zero-order chi connectivity index (χ0) is 22.5. The molecule has 0 spiro atoms. The minimum atomic E-state index is -3.87. The molecule has 2 heterocycles. The maximum absolute atomic E-state index is 13.5. The maximum Gasteiger partial charge on any atom is 0.326 e. The first-order valence-corrected chi connectivity index (χ1v) is 11.9. The first-order chi connectivity index (χ1) is 15.3. The van der Waals surface area contributed by atoms with Crippen LogP contribution in [0.4, 0.5) is 26.2 Å². The van der Waals surface area contributed by atoms with Crippen LogP contribution in [0.15, 0.2) is 65.6 Å². The van der Waals surface area contributed by atoms with Crippen LogP contribution < -0.4 is 14.5 Å². The molecule has 2 aliphatic rings. The van der Waals surface area contributed by atoms with Crippen molar-refractivity contribution >= 4 is 44.7 Å². The average molecular weight is 472 g/mol. The lowest BCUT2D eigenvalue weighted by molar-refractivity contribution is 0.256. The zero-order valence-corrected chi connectivity index (χ0v) is 18.5. The molecule has 9 heteroatoms. The largest absolute Gasteiger partial charge is 0.326 e. The fraction of sp³-hybridized carbons (Fsp3) is 0.174. The van der Waals surface area contributed by atoms with E-state index in [2.05, 4.69) is 5.32 Å². The number of hydrogen-bond donors (Lipinski definition) is 1. The summed E-state index contributed by atoms with van der Waals surface area (Å²) >= 11 is 6.37. The molecule has 0 unspecified atom stereocenters. The van der Waals surface area contributed by atoms with Gasteiger partial charge in [-0.25, -0.2) is 17.6 Å². The van der Waals surface area contributed by atoms with E-state index in [0.717, 1.165) is 18.4 Å². The number of carbonyl (C=O) groups excluding carboxylic acids is 1. The summed E-state index contributed by atoms with van der Waals surface area (Å²) in [5.41, 5.74) is 3.00. The highest BCUT2D eigenvalue weighted by Crippen LogP contribution is 2.37. The molecule has 3 aromatic carbocycles. The van der Waals surface area contributed by atoms with Crippen LogP contribution in [0.3, 0.4) is 0 Å². The van der Waals surface area contributed by atoms with Crippen molar-refractivity contribution in [3.8, 4) is 0 Å². The third kappa shape index (κ3) is 3.49. The molecule has 6 nitrogen and oxygen atoms in total. The minimum absolute atomic E-state index is 0.0475. The summed E-state index contributed by atoms with van der Waals surface area (Å²) in [4.78, 5) is 14.1. The van der Waals surface area contributed by atoms with Crippen LogP contribution in [-0.2, 0) is 23.0 Å². The highest BCUT2D eigenvalue weighted by molar-refractivity contribution is 7.92. The van der Waals surface area contributed by atoms with Crippen molar-refractivity contribution in [1.82, 2.24) is 0 Å². The molecular formula is C23H19ClFN3O3S. The molecule has 3 aromatic rings. The van der Waals surface area contributed by atoms with Gasteiger partial charge in [-0.05, 0) is 60.4 Å². The van der Waals surface area contributed by atoms with Gasteiger partial charge in [-0.2, -0.15) is 0 Å². The molecule has 0 aromatic heterocycles. The van der Waals surface area contributed by atoms with Crippen LogP contribution in [-0.4, -0.2) is 21.0 Å². The van der Waals surface area contributed by atoms with Crippen molar-refractivity contribution in [3.63, 3.8) is 0 Å². The summed E-state index contributed by atoms with van der Waals surface area (Å²) < 4.78 is 42.0. The molecule has 0 saturated carbocycles. The number of rotatable bonds is 3. The van der Waals surface area contributed by atoms with E-state index in [4.69, 9.17) is 11.6 Å². The molecule has 0 saturated heterocycles. The molecule has 0 radical (unpaired) electrons. The first kappa shape index (κ1) is 20.8. The molecule has 0 aliphatic carbocycles. The van der Waals surface area contributed by atoms with Gasteiger partial charge in [-0.3, -0.25) is 9.21 Å². The Balaban J connectivity index is 1.54. The number of anilines is 3. The third-order valence-electron chi connectivity index (χ3n) is 5.75. The number of benzene rings is 3. The Kier molecular flexibility index (Phi) is 5.06. The predicted octanol–water partition coefficient (Wildman–Crippen LogP) is 5.17. The molecule has 0 atom stereocenters. The molecule has 2 aliphatic heterocycles. The second-order valence-electron chi connectivity index (χ2n) is 7.74. The summed E-state index contributed by atoms with van der Waals surface area (Å²) in [6.45, 7) is 0.512. The van der Waals surface area contributed by atoms with Crippen LogP contribution in [0.5, 0.6) is 0 Å². The lowest BCUT2D eigenvalue weighted by atomic mass is 10.0. The van der Waals surface area contributed by atoms with Crippen LogP contribution >= 0.6 is 11.6 Å². The summed E-state index contributed by atoms with van der Waals surface area (Å²) in [5.74, 6) is -0.453. The molecule has 0 fully saturated rings. The van der Waals surface area contributed by atoms with Crippen LogP contribution in [0.25, 0.3) is 0 Å². The van der Waals surface area contributed by atoms with E-state index in [1.54, 1.807) is 12.1 Å². The molecule has 32 heavy (non-hydrogen) atoms. The van der Waals surface area contributed by atoms with Gasteiger partial charge in [-0.1, -0.05) is 35.9 Å². The predicted molar refractivity (Wildman–Crippen MR) is 122 cm³/mol. The average Bonchev–Trinajstić information content (AvgIpc) is 2.78.